The standard InChI is InChI=1S/C17H22N4O3/c1-24-14-6-4-12(5-7-14)2-3-13-8-10-21(11-9-13)16(22)15-18-17(23)20-19-15/h4-7,13H,2-3,8-11H2,1H3,(H2,18,19,20,23). The minimum atomic E-state index is -0.451. The predicted molar refractivity (Wildman–Crippen MR) is 89.2 cm³/mol. The minimum Gasteiger partial charge on any atom is -0.497 e. The number of carbonyl (C=O) groups excluding carboxylic acids is 1. The number of piperidine rings is 1. The van der Waals surface area contributed by atoms with Crippen molar-refractivity contribution in [1.29, 1.82) is 0 Å². The van der Waals surface area contributed by atoms with Crippen molar-refractivity contribution in [2.24, 2.45) is 5.92 Å². The molecule has 24 heavy (non-hydrogen) atoms. The minimum absolute atomic E-state index is 0.0942. The molecule has 2 aromatic rings. The molecule has 1 fully saturated rings. The van der Waals surface area contributed by atoms with E-state index >= 15 is 0 Å². The van der Waals surface area contributed by atoms with Crippen LogP contribution in [0.15, 0.2) is 29.1 Å². The Morgan fingerprint density at radius 2 is 2.00 bits per heavy atom. The molecule has 3 rings (SSSR count). The van der Waals surface area contributed by atoms with Gasteiger partial charge in [-0.1, -0.05) is 12.1 Å². The first-order valence-corrected chi connectivity index (χ1v) is 8.22. The van der Waals surface area contributed by atoms with Crippen molar-refractivity contribution in [1.82, 2.24) is 20.1 Å². The number of hydrogen-bond donors (Lipinski definition) is 2. The third-order valence-corrected chi connectivity index (χ3v) is 4.61. The molecule has 2 N–H and O–H groups in total. The van der Waals surface area contributed by atoms with Crippen LogP contribution in [0.3, 0.4) is 0 Å². The van der Waals surface area contributed by atoms with E-state index in [0.29, 0.717) is 19.0 Å². The van der Waals surface area contributed by atoms with Gasteiger partial charge in [-0.3, -0.25) is 9.78 Å². The van der Waals surface area contributed by atoms with E-state index in [4.69, 9.17) is 4.74 Å². The number of hydrogen-bond acceptors (Lipinski definition) is 4. The van der Waals surface area contributed by atoms with E-state index in [-0.39, 0.29) is 11.7 Å². The molecule has 0 bridgehead atoms. The maximum Gasteiger partial charge on any atom is 0.341 e. The maximum atomic E-state index is 12.2. The van der Waals surface area contributed by atoms with Crippen molar-refractivity contribution in [3.05, 3.63) is 46.1 Å². The van der Waals surface area contributed by atoms with Crippen LogP contribution in [0.1, 0.15) is 35.4 Å². The lowest BCUT2D eigenvalue weighted by molar-refractivity contribution is 0.0675. The van der Waals surface area contributed by atoms with Gasteiger partial charge in [-0.15, -0.1) is 5.10 Å². The van der Waals surface area contributed by atoms with Crippen LogP contribution in [-0.2, 0) is 6.42 Å². The van der Waals surface area contributed by atoms with E-state index in [0.717, 1.165) is 31.4 Å². The molecule has 0 aliphatic carbocycles. The second-order valence-corrected chi connectivity index (χ2v) is 6.15. The summed E-state index contributed by atoms with van der Waals surface area (Å²) in [5.41, 5.74) is 0.858. The van der Waals surface area contributed by atoms with Crippen molar-refractivity contribution in [2.45, 2.75) is 25.7 Å². The molecule has 0 radical (unpaired) electrons. The van der Waals surface area contributed by atoms with Crippen LogP contribution in [0.5, 0.6) is 5.75 Å². The summed E-state index contributed by atoms with van der Waals surface area (Å²) in [6, 6.07) is 8.18. The molecule has 1 aliphatic heterocycles. The van der Waals surface area contributed by atoms with Gasteiger partial charge in [-0.2, -0.15) is 0 Å². The van der Waals surface area contributed by atoms with E-state index in [2.05, 4.69) is 27.3 Å². The highest BCUT2D eigenvalue weighted by atomic mass is 16.5. The molecule has 2 heterocycles. The fourth-order valence-corrected chi connectivity index (χ4v) is 3.11. The van der Waals surface area contributed by atoms with E-state index in [1.807, 2.05) is 12.1 Å². The number of ether oxygens (including phenoxy) is 1. The van der Waals surface area contributed by atoms with Crippen molar-refractivity contribution in [2.75, 3.05) is 20.2 Å². The third-order valence-electron chi connectivity index (χ3n) is 4.61. The Morgan fingerprint density at radius 3 is 2.58 bits per heavy atom. The van der Waals surface area contributed by atoms with E-state index in [1.165, 1.54) is 5.56 Å². The van der Waals surface area contributed by atoms with Gasteiger partial charge in [0.1, 0.15) is 5.75 Å². The fraction of sp³-hybridized carbons (Fsp3) is 0.471. The Morgan fingerprint density at radius 1 is 1.29 bits per heavy atom. The normalized spacial score (nSPS) is 15.5. The van der Waals surface area contributed by atoms with Gasteiger partial charge in [0.15, 0.2) is 0 Å². The van der Waals surface area contributed by atoms with Gasteiger partial charge >= 0.3 is 5.69 Å². The summed E-state index contributed by atoms with van der Waals surface area (Å²) in [4.78, 5) is 27.4. The second kappa shape index (κ2) is 7.33. The SMILES string of the molecule is COc1ccc(CCC2CCN(C(=O)c3n[nH]c(=O)[nH]3)CC2)cc1. The molecule has 1 amide bonds. The van der Waals surface area contributed by atoms with Crippen molar-refractivity contribution < 1.29 is 9.53 Å². The van der Waals surface area contributed by atoms with Crippen molar-refractivity contribution in [3.63, 3.8) is 0 Å². The predicted octanol–water partition coefficient (Wildman–Crippen LogP) is 1.59. The number of carbonyl (C=O) groups is 1. The van der Waals surface area contributed by atoms with E-state index < -0.39 is 5.69 Å². The highest BCUT2D eigenvalue weighted by Gasteiger charge is 2.25. The number of nitrogens with one attached hydrogen (secondary N) is 2. The number of aryl methyl sites for hydroxylation is 1. The summed E-state index contributed by atoms with van der Waals surface area (Å²) < 4.78 is 5.17. The van der Waals surface area contributed by atoms with Crippen LogP contribution < -0.4 is 10.4 Å². The Bertz CT molecular complexity index is 727. The van der Waals surface area contributed by atoms with Gasteiger partial charge in [0, 0.05) is 13.1 Å². The van der Waals surface area contributed by atoms with Crippen LogP contribution in [0.2, 0.25) is 0 Å². The summed E-state index contributed by atoms with van der Waals surface area (Å²) in [6.45, 7) is 1.42. The molecule has 7 heteroatoms. The van der Waals surface area contributed by atoms with Gasteiger partial charge in [0.25, 0.3) is 5.91 Å². The second-order valence-electron chi connectivity index (χ2n) is 6.15. The highest BCUT2D eigenvalue weighted by Crippen LogP contribution is 2.23. The first kappa shape index (κ1) is 16.3. The van der Waals surface area contributed by atoms with Crippen LogP contribution in [0, 0.1) is 5.92 Å². The number of amides is 1. The number of nitrogens with zero attached hydrogens (tertiary/aromatic N) is 2. The quantitative estimate of drug-likeness (QED) is 0.871. The smallest absolute Gasteiger partial charge is 0.341 e. The number of likely N-dealkylation sites (tertiary alicyclic amines) is 1. The average Bonchev–Trinajstić information content (AvgIpc) is 3.06. The lowest BCUT2D eigenvalue weighted by Gasteiger charge is -2.31. The molecule has 1 aromatic heterocycles. The van der Waals surface area contributed by atoms with Crippen molar-refractivity contribution in [3.8, 4) is 5.75 Å². The zero-order chi connectivity index (χ0) is 16.9. The third kappa shape index (κ3) is 3.84. The van der Waals surface area contributed by atoms with Crippen molar-refractivity contribution >= 4 is 5.91 Å². The molecule has 0 saturated carbocycles. The first-order valence-electron chi connectivity index (χ1n) is 8.22. The average molecular weight is 330 g/mol. The maximum absolute atomic E-state index is 12.2. The summed E-state index contributed by atoms with van der Waals surface area (Å²) in [5, 5.41) is 5.93. The molecular weight excluding hydrogens is 308 g/mol. The van der Waals surface area contributed by atoms with E-state index in [9.17, 15) is 9.59 Å². The fourth-order valence-electron chi connectivity index (χ4n) is 3.11. The summed E-state index contributed by atoms with van der Waals surface area (Å²) in [7, 11) is 1.67. The Kier molecular flexibility index (Phi) is 4.98. The largest absolute Gasteiger partial charge is 0.497 e. The first-order chi connectivity index (χ1) is 11.7. The lowest BCUT2D eigenvalue weighted by atomic mass is 9.90. The van der Waals surface area contributed by atoms with Crippen LogP contribution in [-0.4, -0.2) is 46.2 Å². The number of methoxy groups -OCH3 is 1. The van der Waals surface area contributed by atoms with Gasteiger partial charge in [0.05, 0.1) is 7.11 Å². The molecule has 0 atom stereocenters. The molecule has 1 saturated heterocycles. The Balaban J connectivity index is 1.46. The summed E-state index contributed by atoms with van der Waals surface area (Å²) in [5.74, 6) is 1.38. The van der Waals surface area contributed by atoms with Crippen LogP contribution >= 0.6 is 0 Å². The molecule has 1 aromatic carbocycles. The zero-order valence-electron chi connectivity index (χ0n) is 13.7. The molecule has 0 spiro atoms. The van der Waals surface area contributed by atoms with Gasteiger partial charge < -0.3 is 9.64 Å². The monoisotopic (exact) mass is 330 g/mol. The highest BCUT2D eigenvalue weighted by molar-refractivity contribution is 5.90. The molecule has 7 nitrogen and oxygen atoms in total. The van der Waals surface area contributed by atoms with Crippen LogP contribution in [0.25, 0.3) is 0 Å². The molecule has 128 valence electrons. The number of H-pyrrole nitrogens is 2. The zero-order valence-corrected chi connectivity index (χ0v) is 13.7. The number of rotatable bonds is 5. The number of benzene rings is 1. The summed E-state index contributed by atoms with van der Waals surface area (Å²) >= 11 is 0. The van der Waals surface area contributed by atoms with Crippen LogP contribution in [0.4, 0.5) is 0 Å². The van der Waals surface area contributed by atoms with E-state index in [1.54, 1.807) is 12.0 Å². The molecule has 0 unspecified atom stereocenters. The number of aromatic amines is 2. The molecule has 1 aliphatic rings. The molecular formula is C17H22N4O3. The Hall–Kier alpha value is -2.57. The van der Waals surface area contributed by atoms with Gasteiger partial charge in [-0.25, -0.2) is 9.89 Å². The lowest BCUT2D eigenvalue weighted by Crippen LogP contribution is -2.39. The van der Waals surface area contributed by atoms with Gasteiger partial charge in [0.2, 0.25) is 5.82 Å². The summed E-state index contributed by atoms with van der Waals surface area (Å²) in [6.07, 6.45) is 4.12. The topological polar surface area (TPSA) is 91.1 Å². The van der Waals surface area contributed by atoms with Gasteiger partial charge in [-0.05, 0) is 49.3 Å². The Labute approximate surface area is 140 Å². The number of aromatic nitrogens is 3.